The molecule has 110 valence electrons. The molecule has 0 amide bonds. The van der Waals surface area contributed by atoms with Crippen molar-refractivity contribution in [3.63, 3.8) is 0 Å². The van der Waals surface area contributed by atoms with Crippen LogP contribution in [0.2, 0.25) is 10.0 Å². The smallest absolute Gasteiger partial charge is 0.183 e. The van der Waals surface area contributed by atoms with Crippen LogP contribution in [0.15, 0.2) is 53.4 Å². The Kier molecular flexibility index (Phi) is 3.74. The van der Waals surface area contributed by atoms with Gasteiger partial charge in [0.05, 0.1) is 10.1 Å². The maximum atomic E-state index is 12.6. The molecule has 6 heteroatoms. The lowest BCUT2D eigenvalue weighted by molar-refractivity contribution is 0.593. The SMILES string of the molecule is N[C@@H]1[C@@H](c2ccc(Cl)cc2)[C@H]1S(=O)(=O)c1ccc(Cl)cc1. The maximum absolute atomic E-state index is 12.6. The largest absolute Gasteiger partial charge is 0.326 e. The van der Waals surface area contributed by atoms with Gasteiger partial charge >= 0.3 is 0 Å². The average Bonchev–Trinajstić information content (AvgIpc) is 3.12. The van der Waals surface area contributed by atoms with E-state index in [0.29, 0.717) is 10.0 Å². The second-order valence-corrected chi connectivity index (χ2v) is 8.10. The molecule has 0 spiro atoms. The molecular weight excluding hydrogens is 329 g/mol. The van der Waals surface area contributed by atoms with Gasteiger partial charge in [0.25, 0.3) is 0 Å². The predicted molar refractivity (Wildman–Crippen MR) is 84.6 cm³/mol. The number of nitrogens with two attached hydrogens (primary N) is 1. The highest BCUT2D eigenvalue weighted by Gasteiger charge is 2.57. The first-order valence-corrected chi connectivity index (χ1v) is 8.72. The zero-order valence-corrected chi connectivity index (χ0v) is 13.2. The summed E-state index contributed by atoms with van der Waals surface area (Å²) >= 11 is 11.6. The summed E-state index contributed by atoms with van der Waals surface area (Å²) in [5, 5.41) is 0.522. The minimum absolute atomic E-state index is 0.192. The maximum Gasteiger partial charge on any atom is 0.183 e. The summed E-state index contributed by atoms with van der Waals surface area (Å²) in [7, 11) is -3.46. The number of benzene rings is 2. The summed E-state index contributed by atoms with van der Waals surface area (Å²) in [4.78, 5) is 0.254. The molecule has 0 aliphatic heterocycles. The van der Waals surface area contributed by atoms with Gasteiger partial charge in [0, 0.05) is 22.0 Å². The number of sulfone groups is 1. The molecule has 2 aromatic rings. The second-order valence-electron chi connectivity index (χ2n) is 5.12. The van der Waals surface area contributed by atoms with Crippen LogP contribution in [0.25, 0.3) is 0 Å². The summed E-state index contributed by atoms with van der Waals surface area (Å²) in [5.41, 5.74) is 6.89. The van der Waals surface area contributed by atoms with Crippen LogP contribution in [-0.4, -0.2) is 19.7 Å². The topological polar surface area (TPSA) is 60.2 Å². The van der Waals surface area contributed by atoms with E-state index in [0.717, 1.165) is 5.56 Å². The number of rotatable bonds is 3. The third kappa shape index (κ3) is 2.69. The fourth-order valence-corrected chi connectivity index (χ4v) is 4.88. The van der Waals surface area contributed by atoms with Gasteiger partial charge in [-0.3, -0.25) is 0 Å². The molecule has 3 nitrogen and oxygen atoms in total. The van der Waals surface area contributed by atoms with Crippen molar-refractivity contribution in [1.82, 2.24) is 0 Å². The molecular formula is C15H13Cl2NO2S. The Morgan fingerprint density at radius 2 is 1.33 bits per heavy atom. The molecule has 21 heavy (non-hydrogen) atoms. The zero-order chi connectivity index (χ0) is 15.2. The molecule has 1 aliphatic carbocycles. The van der Waals surface area contributed by atoms with Gasteiger partial charge in [-0.1, -0.05) is 35.3 Å². The molecule has 0 radical (unpaired) electrons. The van der Waals surface area contributed by atoms with Gasteiger partial charge in [-0.05, 0) is 42.0 Å². The van der Waals surface area contributed by atoms with Gasteiger partial charge in [0.1, 0.15) is 0 Å². The Balaban J connectivity index is 1.91. The highest BCUT2D eigenvalue weighted by atomic mass is 35.5. The van der Waals surface area contributed by atoms with Crippen molar-refractivity contribution in [2.45, 2.75) is 22.1 Å². The van der Waals surface area contributed by atoms with Crippen molar-refractivity contribution < 1.29 is 8.42 Å². The summed E-state index contributed by atoms with van der Waals surface area (Å²) < 4.78 is 25.2. The van der Waals surface area contributed by atoms with Gasteiger partial charge in [-0.25, -0.2) is 8.42 Å². The Labute approximate surface area is 133 Å². The Morgan fingerprint density at radius 1 is 0.857 bits per heavy atom. The van der Waals surface area contributed by atoms with Crippen LogP contribution in [0.4, 0.5) is 0 Å². The zero-order valence-electron chi connectivity index (χ0n) is 10.9. The molecule has 0 saturated heterocycles. The molecule has 3 rings (SSSR count). The lowest BCUT2D eigenvalue weighted by Gasteiger charge is -2.04. The minimum Gasteiger partial charge on any atom is -0.326 e. The van der Waals surface area contributed by atoms with Crippen molar-refractivity contribution >= 4 is 33.0 Å². The Hall–Kier alpha value is -1.07. The third-order valence-electron chi connectivity index (χ3n) is 3.76. The number of halogens is 2. The van der Waals surface area contributed by atoms with Crippen molar-refractivity contribution in [3.05, 3.63) is 64.1 Å². The first-order chi connectivity index (χ1) is 9.91. The predicted octanol–water partition coefficient (Wildman–Crippen LogP) is 3.26. The average molecular weight is 342 g/mol. The molecule has 0 heterocycles. The van der Waals surface area contributed by atoms with Crippen LogP contribution < -0.4 is 5.73 Å². The standard InChI is InChI=1S/C15H13Cl2NO2S/c16-10-3-1-9(2-4-10)13-14(18)15(13)21(19,20)12-7-5-11(17)6-8-12/h1-8,13-15H,18H2/t13-,14-,15-/m1/s1. The molecule has 1 aliphatic rings. The van der Waals surface area contributed by atoms with E-state index in [1.54, 1.807) is 24.3 Å². The van der Waals surface area contributed by atoms with E-state index in [9.17, 15) is 8.42 Å². The van der Waals surface area contributed by atoms with Gasteiger partial charge in [0.15, 0.2) is 9.84 Å². The van der Waals surface area contributed by atoms with E-state index >= 15 is 0 Å². The van der Waals surface area contributed by atoms with Gasteiger partial charge in [-0.2, -0.15) is 0 Å². The molecule has 2 aromatic carbocycles. The monoisotopic (exact) mass is 341 g/mol. The molecule has 1 fully saturated rings. The van der Waals surface area contributed by atoms with E-state index in [1.165, 1.54) is 12.1 Å². The van der Waals surface area contributed by atoms with Crippen LogP contribution in [-0.2, 0) is 9.84 Å². The van der Waals surface area contributed by atoms with Crippen molar-refractivity contribution in [2.75, 3.05) is 0 Å². The van der Waals surface area contributed by atoms with E-state index in [2.05, 4.69) is 0 Å². The highest BCUT2D eigenvalue weighted by molar-refractivity contribution is 7.92. The Morgan fingerprint density at radius 3 is 1.86 bits per heavy atom. The number of hydrogen-bond donors (Lipinski definition) is 1. The lowest BCUT2D eigenvalue weighted by Crippen LogP contribution is -2.15. The van der Waals surface area contributed by atoms with Crippen molar-refractivity contribution in [1.29, 1.82) is 0 Å². The molecule has 0 bridgehead atoms. The Bertz CT molecular complexity index is 757. The lowest BCUT2D eigenvalue weighted by atomic mass is 10.1. The third-order valence-corrected chi connectivity index (χ3v) is 6.52. The fourth-order valence-electron chi connectivity index (χ4n) is 2.58. The normalized spacial score (nSPS) is 24.8. The summed E-state index contributed by atoms with van der Waals surface area (Å²) in [6.45, 7) is 0. The van der Waals surface area contributed by atoms with E-state index in [4.69, 9.17) is 28.9 Å². The minimum atomic E-state index is -3.46. The highest BCUT2D eigenvalue weighted by Crippen LogP contribution is 2.47. The first kappa shape index (κ1) is 14.9. The van der Waals surface area contributed by atoms with Crippen LogP contribution in [0, 0.1) is 0 Å². The van der Waals surface area contributed by atoms with Gasteiger partial charge in [-0.15, -0.1) is 0 Å². The fraction of sp³-hybridized carbons (Fsp3) is 0.200. The second kappa shape index (κ2) is 5.29. The van der Waals surface area contributed by atoms with Crippen LogP contribution in [0.5, 0.6) is 0 Å². The van der Waals surface area contributed by atoms with Crippen LogP contribution in [0.1, 0.15) is 11.5 Å². The van der Waals surface area contributed by atoms with Crippen molar-refractivity contribution in [2.24, 2.45) is 5.73 Å². The van der Waals surface area contributed by atoms with Gasteiger partial charge in [0.2, 0.25) is 0 Å². The van der Waals surface area contributed by atoms with E-state index < -0.39 is 21.1 Å². The van der Waals surface area contributed by atoms with E-state index in [-0.39, 0.29) is 10.8 Å². The van der Waals surface area contributed by atoms with Crippen LogP contribution in [0.3, 0.4) is 0 Å². The molecule has 0 unspecified atom stereocenters. The summed E-state index contributed by atoms with van der Waals surface area (Å²) in [5.74, 6) is -0.192. The van der Waals surface area contributed by atoms with E-state index in [1.807, 2.05) is 12.1 Å². The molecule has 1 saturated carbocycles. The summed E-state index contributed by atoms with van der Waals surface area (Å²) in [6, 6.07) is 12.9. The first-order valence-electron chi connectivity index (χ1n) is 6.42. The quantitative estimate of drug-likeness (QED) is 0.931. The molecule has 3 atom stereocenters. The van der Waals surface area contributed by atoms with Crippen molar-refractivity contribution in [3.8, 4) is 0 Å². The number of hydrogen-bond acceptors (Lipinski definition) is 3. The van der Waals surface area contributed by atoms with Gasteiger partial charge < -0.3 is 5.73 Å². The summed E-state index contributed by atoms with van der Waals surface area (Å²) in [6.07, 6.45) is 0. The van der Waals surface area contributed by atoms with Crippen LogP contribution >= 0.6 is 23.2 Å². The molecule has 2 N–H and O–H groups in total. The molecule has 0 aromatic heterocycles.